The van der Waals surface area contributed by atoms with E-state index in [1.165, 1.54) is 0 Å². The maximum absolute atomic E-state index is 12.2. The Balaban J connectivity index is 1.89. The van der Waals surface area contributed by atoms with Crippen LogP contribution in [0.15, 0.2) is 47.4 Å². The van der Waals surface area contributed by atoms with E-state index >= 15 is 0 Å². The first-order chi connectivity index (χ1) is 10.7. The second-order valence-electron chi connectivity index (χ2n) is 7.05. The van der Waals surface area contributed by atoms with Crippen molar-refractivity contribution in [3.05, 3.63) is 52.9 Å². The lowest BCUT2D eigenvalue weighted by Gasteiger charge is -2.32. The van der Waals surface area contributed by atoms with E-state index in [9.17, 15) is 4.79 Å². The van der Waals surface area contributed by atoms with E-state index in [1.807, 2.05) is 64.1 Å². The summed E-state index contributed by atoms with van der Waals surface area (Å²) in [6, 6.07) is 11.5. The molecule has 0 bridgehead atoms. The topological polar surface area (TPSA) is 40.5 Å². The van der Waals surface area contributed by atoms with Crippen LogP contribution in [0.25, 0.3) is 11.1 Å². The molecule has 1 saturated heterocycles. The molecule has 3 rings (SSSR count). The number of hydrogen-bond acceptors (Lipinski definition) is 3. The monoisotopic (exact) mass is 311 g/mol. The van der Waals surface area contributed by atoms with Gasteiger partial charge in [-0.2, -0.15) is 0 Å². The number of benzene rings is 1. The smallest absolute Gasteiger partial charge is 0.399 e. The summed E-state index contributed by atoms with van der Waals surface area (Å²) < 4.78 is 13.7. The van der Waals surface area contributed by atoms with Gasteiger partial charge in [0.15, 0.2) is 0 Å². The van der Waals surface area contributed by atoms with Crippen LogP contribution in [0.1, 0.15) is 27.7 Å². The number of pyridine rings is 1. The fourth-order valence-electron chi connectivity index (χ4n) is 2.62. The highest BCUT2D eigenvalue weighted by Crippen LogP contribution is 2.36. The van der Waals surface area contributed by atoms with Crippen LogP contribution < -0.4 is 11.0 Å². The van der Waals surface area contributed by atoms with E-state index in [1.54, 1.807) is 17.8 Å². The number of aryl methyl sites for hydroxylation is 1. The van der Waals surface area contributed by atoms with Crippen molar-refractivity contribution in [1.29, 1.82) is 0 Å². The number of aromatic nitrogens is 1. The van der Waals surface area contributed by atoms with Crippen molar-refractivity contribution < 1.29 is 9.31 Å². The first kappa shape index (κ1) is 16.0. The van der Waals surface area contributed by atoms with Gasteiger partial charge >= 0.3 is 7.12 Å². The zero-order valence-corrected chi connectivity index (χ0v) is 14.3. The van der Waals surface area contributed by atoms with Crippen LogP contribution in [0, 0.1) is 0 Å². The number of rotatable bonds is 2. The van der Waals surface area contributed by atoms with Gasteiger partial charge in [-0.05, 0) is 50.9 Å². The Morgan fingerprint density at radius 2 is 1.52 bits per heavy atom. The molecular formula is C18H22BNO3. The van der Waals surface area contributed by atoms with Crippen molar-refractivity contribution in [3.8, 4) is 11.1 Å². The summed E-state index contributed by atoms with van der Waals surface area (Å²) in [6.07, 6.45) is 1.75. The molecule has 0 saturated carbocycles. The molecule has 1 aliphatic heterocycles. The lowest BCUT2D eigenvalue weighted by molar-refractivity contribution is 0.00578. The molecular weight excluding hydrogens is 289 g/mol. The van der Waals surface area contributed by atoms with Gasteiger partial charge in [0.1, 0.15) is 0 Å². The third-order valence-electron chi connectivity index (χ3n) is 4.87. The predicted octanol–water partition coefficient (Wildman–Crippen LogP) is 2.35. The van der Waals surface area contributed by atoms with Crippen LogP contribution in [0.3, 0.4) is 0 Å². The normalized spacial score (nSPS) is 19.1. The molecule has 4 nitrogen and oxygen atoms in total. The highest BCUT2D eigenvalue weighted by Gasteiger charge is 2.51. The lowest BCUT2D eigenvalue weighted by atomic mass is 9.78. The zero-order valence-electron chi connectivity index (χ0n) is 14.3. The summed E-state index contributed by atoms with van der Waals surface area (Å²) >= 11 is 0. The molecule has 0 unspecified atom stereocenters. The Labute approximate surface area is 137 Å². The third-order valence-corrected chi connectivity index (χ3v) is 4.87. The minimum Gasteiger partial charge on any atom is -0.399 e. The second kappa shape index (κ2) is 5.36. The SMILES string of the molecule is Cn1cccc(-c2ccc(B3OC(C)(C)C(C)(C)O3)cc2)c1=O. The Bertz CT molecular complexity index is 762. The van der Waals surface area contributed by atoms with Gasteiger partial charge in [0.05, 0.1) is 11.2 Å². The quantitative estimate of drug-likeness (QED) is 0.800. The highest BCUT2D eigenvalue weighted by atomic mass is 16.7. The van der Waals surface area contributed by atoms with Gasteiger partial charge in [-0.15, -0.1) is 0 Å². The molecule has 0 radical (unpaired) electrons. The van der Waals surface area contributed by atoms with Crippen molar-refractivity contribution >= 4 is 12.6 Å². The molecule has 0 amide bonds. The molecule has 1 aromatic heterocycles. The van der Waals surface area contributed by atoms with Crippen LogP contribution in [0.5, 0.6) is 0 Å². The van der Waals surface area contributed by atoms with Crippen molar-refractivity contribution in [2.75, 3.05) is 0 Å². The van der Waals surface area contributed by atoms with Crippen LogP contribution in [-0.2, 0) is 16.4 Å². The molecule has 2 aromatic rings. The number of nitrogens with zero attached hydrogens (tertiary/aromatic N) is 1. The fraction of sp³-hybridized carbons (Fsp3) is 0.389. The first-order valence-electron chi connectivity index (χ1n) is 7.83. The predicted molar refractivity (Wildman–Crippen MR) is 92.8 cm³/mol. The average molecular weight is 311 g/mol. The molecule has 1 aliphatic rings. The molecule has 0 N–H and O–H groups in total. The standard InChI is InChI=1S/C18H22BNO3/c1-17(2)18(3,4)23-19(22-17)14-10-8-13(9-11-14)15-7-6-12-20(5)16(15)21/h6-12H,1-5H3. The van der Waals surface area contributed by atoms with Gasteiger partial charge < -0.3 is 13.9 Å². The van der Waals surface area contributed by atoms with Gasteiger partial charge in [-0.1, -0.05) is 24.3 Å². The largest absolute Gasteiger partial charge is 0.494 e. The van der Waals surface area contributed by atoms with Gasteiger partial charge in [-0.25, -0.2) is 0 Å². The van der Waals surface area contributed by atoms with Crippen LogP contribution in [0.2, 0.25) is 0 Å². The maximum Gasteiger partial charge on any atom is 0.494 e. The molecule has 1 aromatic carbocycles. The van der Waals surface area contributed by atoms with E-state index in [2.05, 4.69) is 0 Å². The van der Waals surface area contributed by atoms with E-state index < -0.39 is 0 Å². The summed E-state index contributed by atoms with van der Waals surface area (Å²) in [7, 11) is 1.37. The first-order valence-corrected chi connectivity index (χ1v) is 7.83. The van der Waals surface area contributed by atoms with Crippen LogP contribution in [0.4, 0.5) is 0 Å². The summed E-state index contributed by atoms with van der Waals surface area (Å²) in [5.74, 6) is 0. The average Bonchev–Trinajstić information content (AvgIpc) is 2.71. The summed E-state index contributed by atoms with van der Waals surface area (Å²) in [5, 5.41) is 0. The molecule has 23 heavy (non-hydrogen) atoms. The Kier molecular flexibility index (Phi) is 3.73. The van der Waals surface area contributed by atoms with Gasteiger partial charge in [-0.3, -0.25) is 4.79 Å². The van der Waals surface area contributed by atoms with E-state index in [-0.39, 0.29) is 23.9 Å². The molecule has 0 spiro atoms. The molecule has 0 atom stereocenters. The Morgan fingerprint density at radius 3 is 2.09 bits per heavy atom. The van der Waals surface area contributed by atoms with Crippen molar-refractivity contribution in [1.82, 2.24) is 4.57 Å². The summed E-state index contributed by atoms with van der Waals surface area (Å²) in [6.45, 7) is 8.15. The number of hydrogen-bond donors (Lipinski definition) is 0. The van der Waals surface area contributed by atoms with E-state index in [0.717, 1.165) is 11.0 Å². The highest BCUT2D eigenvalue weighted by molar-refractivity contribution is 6.62. The van der Waals surface area contributed by atoms with E-state index in [0.29, 0.717) is 5.56 Å². The van der Waals surface area contributed by atoms with Gasteiger partial charge in [0.2, 0.25) is 0 Å². The molecule has 5 heteroatoms. The zero-order chi connectivity index (χ0) is 16.8. The van der Waals surface area contributed by atoms with Crippen molar-refractivity contribution in [3.63, 3.8) is 0 Å². The van der Waals surface area contributed by atoms with Crippen molar-refractivity contribution in [2.24, 2.45) is 7.05 Å². The van der Waals surface area contributed by atoms with Gasteiger partial charge in [0, 0.05) is 18.8 Å². The van der Waals surface area contributed by atoms with Crippen LogP contribution in [-0.4, -0.2) is 22.9 Å². The second-order valence-corrected chi connectivity index (χ2v) is 7.05. The van der Waals surface area contributed by atoms with Crippen LogP contribution >= 0.6 is 0 Å². The molecule has 1 fully saturated rings. The molecule has 120 valence electrons. The van der Waals surface area contributed by atoms with E-state index in [4.69, 9.17) is 9.31 Å². The third kappa shape index (κ3) is 2.75. The summed E-state index contributed by atoms with van der Waals surface area (Å²) in [4.78, 5) is 12.2. The summed E-state index contributed by atoms with van der Waals surface area (Å²) in [5.41, 5.74) is 1.83. The molecule has 2 heterocycles. The Hall–Kier alpha value is -1.85. The minimum atomic E-state index is -0.382. The van der Waals surface area contributed by atoms with Gasteiger partial charge in [0.25, 0.3) is 5.56 Å². The maximum atomic E-state index is 12.2. The lowest BCUT2D eigenvalue weighted by Crippen LogP contribution is -2.41. The fourth-order valence-corrected chi connectivity index (χ4v) is 2.62. The molecule has 0 aliphatic carbocycles. The Morgan fingerprint density at radius 1 is 0.957 bits per heavy atom. The van der Waals surface area contributed by atoms with Crippen molar-refractivity contribution in [2.45, 2.75) is 38.9 Å². The minimum absolute atomic E-state index is 0.00381.